The molecule has 0 aliphatic rings. The molecule has 0 aromatic heterocycles. The van der Waals surface area contributed by atoms with Crippen molar-refractivity contribution in [2.75, 3.05) is 7.11 Å². The summed E-state index contributed by atoms with van der Waals surface area (Å²) in [7, 11) is 1.43. The average molecular weight is 346 g/mol. The number of nitrogens with one attached hydrogen (secondary N) is 1. The first-order valence-corrected chi connectivity index (χ1v) is 6.23. The Labute approximate surface area is 122 Å². The van der Waals surface area contributed by atoms with Crippen molar-refractivity contribution >= 4 is 33.8 Å². The molecule has 0 radical (unpaired) electrons. The summed E-state index contributed by atoms with van der Waals surface area (Å²) in [6.45, 7) is 0. The molecule has 20 heavy (non-hydrogen) atoms. The molecule has 0 heterocycles. The van der Waals surface area contributed by atoms with Gasteiger partial charge in [-0.3, -0.25) is 9.59 Å². The molecular weight excluding hydrogens is 334 g/mol. The Balaban J connectivity index is 2.94. The highest BCUT2D eigenvalue weighted by Gasteiger charge is 2.24. The molecule has 0 saturated heterocycles. The number of carboxylic acids is 2. The number of halogens is 1. The Kier molecular flexibility index (Phi) is 5.51. The zero-order valence-electron chi connectivity index (χ0n) is 10.4. The third-order valence-corrected chi connectivity index (χ3v) is 3.09. The molecule has 8 heteroatoms. The SMILES string of the molecule is COc1ccc(Br)c(C(=O)N[C@H](CC(=O)O)C(=O)O)c1. The van der Waals surface area contributed by atoms with Gasteiger partial charge in [-0.25, -0.2) is 4.79 Å². The predicted molar refractivity (Wildman–Crippen MR) is 71.8 cm³/mol. The van der Waals surface area contributed by atoms with Gasteiger partial charge in [0, 0.05) is 4.47 Å². The van der Waals surface area contributed by atoms with Crippen LogP contribution in [0.5, 0.6) is 5.75 Å². The van der Waals surface area contributed by atoms with E-state index < -0.39 is 30.3 Å². The summed E-state index contributed by atoms with van der Waals surface area (Å²) in [6.07, 6.45) is -0.706. The van der Waals surface area contributed by atoms with Crippen molar-refractivity contribution in [3.8, 4) is 5.75 Å². The van der Waals surface area contributed by atoms with E-state index in [1.54, 1.807) is 12.1 Å². The molecule has 1 aromatic carbocycles. The first-order chi connectivity index (χ1) is 9.35. The van der Waals surface area contributed by atoms with E-state index >= 15 is 0 Å². The minimum atomic E-state index is -1.50. The highest BCUT2D eigenvalue weighted by atomic mass is 79.9. The van der Waals surface area contributed by atoms with E-state index in [0.717, 1.165) is 0 Å². The van der Waals surface area contributed by atoms with Gasteiger partial charge in [-0.1, -0.05) is 0 Å². The fourth-order valence-corrected chi connectivity index (χ4v) is 1.84. The smallest absolute Gasteiger partial charge is 0.326 e. The van der Waals surface area contributed by atoms with Crippen molar-refractivity contribution in [1.29, 1.82) is 0 Å². The molecule has 0 fully saturated rings. The topological polar surface area (TPSA) is 113 Å². The largest absolute Gasteiger partial charge is 0.497 e. The molecule has 0 aliphatic heterocycles. The van der Waals surface area contributed by atoms with Crippen LogP contribution in [-0.4, -0.2) is 41.2 Å². The van der Waals surface area contributed by atoms with Crippen molar-refractivity contribution in [2.45, 2.75) is 12.5 Å². The van der Waals surface area contributed by atoms with Gasteiger partial charge in [0.05, 0.1) is 19.1 Å². The first kappa shape index (κ1) is 16.0. The van der Waals surface area contributed by atoms with Crippen LogP contribution < -0.4 is 10.1 Å². The second kappa shape index (κ2) is 6.90. The lowest BCUT2D eigenvalue weighted by molar-refractivity contribution is -0.145. The van der Waals surface area contributed by atoms with Gasteiger partial charge in [0.1, 0.15) is 11.8 Å². The fraction of sp³-hybridized carbons (Fsp3) is 0.250. The van der Waals surface area contributed by atoms with Crippen LogP contribution in [0, 0.1) is 0 Å². The van der Waals surface area contributed by atoms with E-state index in [1.165, 1.54) is 13.2 Å². The number of aliphatic carboxylic acids is 2. The zero-order valence-corrected chi connectivity index (χ0v) is 12.0. The molecule has 3 N–H and O–H groups in total. The monoisotopic (exact) mass is 345 g/mol. The molecule has 1 atom stereocenters. The van der Waals surface area contributed by atoms with Gasteiger partial charge in [0.25, 0.3) is 5.91 Å². The molecule has 0 spiro atoms. The van der Waals surface area contributed by atoms with E-state index in [2.05, 4.69) is 21.2 Å². The highest BCUT2D eigenvalue weighted by Crippen LogP contribution is 2.22. The lowest BCUT2D eigenvalue weighted by Crippen LogP contribution is -2.42. The molecule has 0 unspecified atom stereocenters. The number of methoxy groups -OCH3 is 1. The van der Waals surface area contributed by atoms with Gasteiger partial charge >= 0.3 is 11.9 Å². The summed E-state index contributed by atoms with van der Waals surface area (Å²) in [6, 6.07) is 3.10. The van der Waals surface area contributed by atoms with Crippen LogP contribution in [0.2, 0.25) is 0 Å². The standard InChI is InChI=1S/C12H12BrNO6/c1-20-6-2-3-8(13)7(4-6)11(17)14-9(12(18)19)5-10(15)16/h2-4,9H,5H2,1H3,(H,14,17)(H,15,16)(H,18,19)/t9-/m1/s1. The minimum Gasteiger partial charge on any atom is -0.497 e. The third-order valence-electron chi connectivity index (χ3n) is 2.40. The summed E-state index contributed by atoms with van der Waals surface area (Å²) in [4.78, 5) is 33.4. The lowest BCUT2D eigenvalue weighted by Gasteiger charge is -2.13. The van der Waals surface area contributed by atoms with Crippen molar-refractivity contribution in [1.82, 2.24) is 5.32 Å². The second-order valence-electron chi connectivity index (χ2n) is 3.81. The molecule has 1 aromatic rings. The van der Waals surface area contributed by atoms with E-state index in [9.17, 15) is 14.4 Å². The average Bonchev–Trinajstić information content (AvgIpc) is 2.37. The number of amides is 1. The van der Waals surface area contributed by atoms with Crippen molar-refractivity contribution < 1.29 is 29.3 Å². The molecule has 1 rings (SSSR count). The van der Waals surface area contributed by atoms with E-state index in [4.69, 9.17) is 14.9 Å². The Morgan fingerprint density at radius 3 is 2.50 bits per heavy atom. The Hall–Kier alpha value is -2.09. The Bertz CT molecular complexity index is 545. The van der Waals surface area contributed by atoms with Crippen molar-refractivity contribution in [2.24, 2.45) is 0 Å². The van der Waals surface area contributed by atoms with E-state index in [-0.39, 0.29) is 5.56 Å². The number of hydrogen-bond donors (Lipinski definition) is 3. The summed E-state index contributed by atoms with van der Waals surface area (Å²) < 4.78 is 5.41. The zero-order chi connectivity index (χ0) is 15.3. The van der Waals surface area contributed by atoms with Gasteiger partial charge in [0.15, 0.2) is 0 Å². The van der Waals surface area contributed by atoms with Gasteiger partial charge in [-0.05, 0) is 34.1 Å². The van der Waals surface area contributed by atoms with Gasteiger partial charge in [-0.2, -0.15) is 0 Å². The van der Waals surface area contributed by atoms with Crippen LogP contribution in [0.15, 0.2) is 22.7 Å². The normalized spacial score (nSPS) is 11.5. The number of carbonyl (C=O) groups is 3. The van der Waals surface area contributed by atoms with Crippen LogP contribution in [0.25, 0.3) is 0 Å². The molecular formula is C12H12BrNO6. The minimum absolute atomic E-state index is 0.154. The summed E-state index contributed by atoms with van der Waals surface area (Å²) >= 11 is 3.16. The molecule has 7 nitrogen and oxygen atoms in total. The molecule has 0 aliphatic carbocycles. The second-order valence-corrected chi connectivity index (χ2v) is 4.66. The van der Waals surface area contributed by atoms with Crippen LogP contribution in [-0.2, 0) is 9.59 Å². The lowest BCUT2D eigenvalue weighted by atomic mass is 10.1. The van der Waals surface area contributed by atoms with E-state index in [0.29, 0.717) is 10.2 Å². The van der Waals surface area contributed by atoms with Gasteiger partial charge in [0.2, 0.25) is 0 Å². The van der Waals surface area contributed by atoms with Crippen LogP contribution in [0.1, 0.15) is 16.8 Å². The van der Waals surface area contributed by atoms with Gasteiger partial charge < -0.3 is 20.3 Å². The van der Waals surface area contributed by atoms with Crippen LogP contribution >= 0.6 is 15.9 Å². The molecule has 0 bridgehead atoms. The molecule has 108 valence electrons. The van der Waals surface area contributed by atoms with Crippen LogP contribution in [0.3, 0.4) is 0 Å². The van der Waals surface area contributed by atoms with Crippen molar-refractivity contribution in [3.05, 3.63) is 28.2 Å². The first-order valence-electron chi connectivity index (χ1n) is 5.44. The quantitative estimate of drug-likeness (QED) is 0.711. The van der Waals surface area contributed by atoms with Crippen molar-refractivity contribution in [3.63, 3.8) is 0 Å². The fourth-order valence-electron chi connectivity index (χ4n) is 1.42. The van der Waals surface area contributed by atoms with Gasteiger partial charge in [-0.15, -0.1) is 0 Å². The maximum absolute atomic E-state index is 12.0. The number of carbonyl (C=O) groups excluding carboxylic acids is 1. The number of carboxylic acid groups (broad SMARTS) is 2. The maximum Gasteiger partial charge on any atom is 0.326 e. The van der Waals surface area contributed by atoms with Crippen LogP contribution in [0.4, 0.5) is 0 Å². The highest BCUT2D eigenvalue weighted by molar-refractivity contribution is 9.10. The summed E-state index contributed by atoms with van der Waals surface area (Å²) in [5, 5.41) is 19.6. The predicted octanol–water partition coefficient (Wildman–Crippen LogP) is 1.12. The number of rotatable bonds is 6. The third kappa shape index (κ3) is 4.23. The Morgan fingerprint density at radius 1 is 1.35 bits per heavy atom. The number of benzene rings is 1. The Morgan fingerprint density at radius 2 is 2.00 bits per heavy atom. The molecule has 0 saturated carbocycles. The maximum atomic E-state index is 12.0. The molecule has 1 amide bonds. The summed E-state index contributed by atoms with van der Waals surface area (Å²) in [5.74, 6) is -3.02. The summed E-state index contributed by atoms with van der Waals surface area (Å²) in [5.41, 5.74) is 0.154. The number of ether oxygens (including phenoxy) is 1. The number of hydrogen-bond acceptors (Lipinski definition) is 4. The van der Waals surface area contributed by atoms with E-state index in [1.807, 2.05) is 0 Å².